The number of ketones is 1. The van der Waals surface area contributed by atoms with Gasteiger partial charge in [-0.15, -0.1) is 0 Å². The molecule has 2 rings (SSSR count). The van der Waals surface area contributed by atoms with Gasteiger partial charge in [0.05, 0.1) is 12.1 Å². The summed E-state index contributed by atoms with van der Waals surface area (Å²) in [5.74, 6) is -1.58. The van der Waals surface area contributed by atoms with Crippen molar-refractivity contribution in [3.63, 3.8) is 0 Å². The van der Waals surface area contributed by atoms with E-state index in [2.05, 4.69) is 22.1 Å². The summed E-state index contributed by atoms with van der Waals surface area (Å²) in [5, 5.41) is 0. The number of Topliss-reactive ketones (excluding diaryl/α,β-unsaturated/α-hetero) is 1. The standard InChI is InChI=1S/C15H15N3O2/c16-15(20)14(19)9-13-8-12(17-10-18-13)7-6-11-4-2-1-3-5-11/h1-5,8,10H,6-7,9H2,(H2,16,20). The van der Waals surface area contributed by atoms with E-state index >= 15 is 0 Å². The molecule has 2 N–H and O–H groups in total. The number of hydrogen-bond donors (Lipinski definition) is 1. The molecular weight excluding hydrogens is 254 g/mol. The number of benzene rings is 1. The molecule has 1 aromatic heterocycles. The van der Waals surface area contributed by atoms with E-state index in [1.807, 2.05) is 18.2 Å². The molecule has 0 atom stereocenters. The van der Waals surface area contributed by atoms with Crippen LogP contribution in [-0.4, -0.2) is 21.7 Å². The maximum absolute atomic E-state index is 11.3. The Morgan fingerprint density at radius 2 is 1.70 bits per heavy atom. The molecule has 5 nitrogen and oxygen atoms in total. The fraction of sp³-hybridized carbons (Fsp3) is 0.200. The highest BCUT2D eigenvalue weighted by molar-refractivity contribution is 6.35. The van der Waals surface area contributed by atoms with E-state index in [1.165, 1.54) is 11.9 Å². The van der Waals surface area contributed by atoms with Crippen LogP contribution in [0.2, 0.25) is 0 Å². The highest BCUT2D eigenvalue weighted by Gasteiger charge is 2.11. The molecule has 0 fully saturated rings. The number of carbonyl (C=O) groups excluding carboxylic acids is 2. The summed E-state index contributed by atoms with van der Waals surface area (Å²) in [6.07, 6.45) is 2.95. The lowest BCUT2D eigenvalue weighted by Crippen LogP contribution is -2.25. The molecule has 0 saturated carbocycles. The summed E-state index contributed by atoms with van der Waals surface area (Å²) in [7, 11) is 0. The van der Waals surface area contributed by atoms with E-state index in [0.29, 0.717) is 5.69 Å². The molecule has 1 heterocycles. The minimum absolute atomic E-state index is 0.0732. The van der Waals surface area contributed by atoms with Crippen LogP contribution >= 0.6 is 0 Å². The van der Waals surface area contributed by atoms with Gasteiger partial charge in [-0.05, 0) is 24.5 Å². The van der Waals surface area contributed by atoms with Crippen molar-refractivity contribution in [3.8, 4) is 0 Å². The van der Waals surface area contributed by atoms with E-state index in [-0.39, 0.29) is 6.42 Å². The smallest absolute Gasteiger partial charge is 0.285 e. The minimum atomic E-state index is -0.936. The SMILES string of the molecule is NC(=O)C(=O)Cc1cc(CCc2ccccc2)ncn1. The highest BCUT2D eigenvalue weighted by atomic mass is 16.2. The van der Waals surface area contributed by atoms with Gasteiger partial charge in [-0.1, -0.05) is 30.3 Å². The second-order valence-electron chi connectivity index (χ2n) is 4.45. The zero-order valence-electron chi connectivity index (χ0n) is 11.0. The van der Waals surface area contributed by atoms with Crippen LogP contribution in [0.25, 0.3) is 0 Å². The normalized spacial score (nSPS) is 10.2. The maximum atomic E-state index is 11.3. The molecule has 0 aliphatic carbocycles. The van der Waals surface area contributed by atoms with Gasteiger partial charge in [-0.2, -0.15) is 0 Å². The topological polar surface area (TPSA) is 85.9 Å². The molecule has 0 aliphatic rings. The number of aromatic nitrogens is 2. The first-order chi connectivity index (χ1) is 9.65. The van der Waals surface area contributed by atoms with Gasteiger partial charge in [0.2, 0.25) is 5.78 Å². The molecule has 0 saturated heterocycles. The van der Waals surface area contributed by atoms with Gasteiger partial charge in [0.15, 0.2) is 0 Å². The average molecular weight is 269 g/mol. The third kappa shape index (κ3) is 3.98. The Balaban J connectivity index is 1.99. The largest absolute Gasteiger partial charge is 0.363 e. The first kappa shape index (κ1) is 13.9. The number of nitrogens with two attached hydrogens (primary N) is 1. The summed E-state index contributed by atoms with van der Waals surface area (Å²) in [4.78, 5) is 30.1. The fourth-order valence-electron chi connectivity index (χ4n) is 1.85. The van der Waals surface area contributed by atoms with Crippen LogP contribution in [0.4, 0.5) is 0 Å². The van der Waals surface area contributed by atoms with E-state index in [9.17, 15) is 9.59 Å². The lowest BCUT2D eigenvalue weighted by molar-refractivity contribution is -0.135. The number of rotatable bonds is 6. The molecule has 0 bridgehead atoms. The zero-order valence-corrected chi connectivity index (χ0v) is 11.0. The van der Waals surface area contributed by atoms with Crippen molar-refractivity contribution in [3.05, 3.63) is 59.7 Å². The summed E-state index contributed by atoms with van der Waals surface area (Å²) in [6.45, 7) is 0. The predicted octanol–water partition coefficient (Wildman–Crippen LogP) is 0.859. The fourth-order valence-corrected chi connectivity index (χ4v) is 1.85. The van der Waals surface area contributed by atoms with Crippen LogP contribution in [0, 0.1) is 0 Å². The van der Waals surface area contributed by atoms with Gasteiger partial charge < -0.3 is 5.73 Å². The number of primary amides is 1. The average Bonchev–Trinajstić information content (AvgIpc) is 2.46. The Kier molecular flexibility index (Phi) is 4.55. The third-order valence-corrected chi connectivity index (χ3v) is 2.91. The van der Waals surface area contributed by atoms with Crippen LogP contribution in [0.3, 0.4) is 0 Å². The summed E-state index contributed by atoms with van der Waals surface area (Å²) in [6, 6.07) is 11.8. The second kappa shape index (κ2) is 6.56. The molecule has 1 aromatic carbocycles. The van der Waals surface area contributed by atoms with Crippen molar-refractivity contribution in [1.82, 2.24) is 9.97 Å². The molecular formula is C15H15N3O2. The first-order valence-electron chi connectivity index (χ1n) is 6.31. The summed E-state index contributed by atoms with van der Waals surface area (Å²) < 4.78 is 0. The van der Waals surface area contributed by atoms with Crippen LogP contribution in [0.15, 0.2) is 42.7 Å². The lowest BCUT2D eigenvalue weighted by Gasteiger charge is -2.03. The van der Waals surface area contributed by atoms with Crippen LogP contribution < -0.4 is 5.73 Å². The van der Waals surface area contributed by atoms with Crippen molar-refractivity contribution in [2.45, 2.75) is 19.3 Å². The number of nitrogens with zero attached hydrogens (tertiary/aromatic N) is 2. The van der Waals surface area contributed by atoms with Gasteiger partial charge in [0.25, 0.3) is 5.91 Å². The molecule has 1 amide bonds. The number of carbonyl (C=O) groups is 2. The lowest BCUT2D eigenvalue weighted by atomic mass is 10.1. The minimum Gasteiger partial charge on any atom is -0.363 e. The predicted molar refractivity (Wildman–Crippen MR) is 73.8 cm³/mol. The van der Waals surface area contributed by atoms with Crippen LogP contribution in [-0.2, 0) is 28.9 Å². The Hall–Kier alpha value is -2.56. The summed E-state index contributed by atoms with van der Waals surface area (Å²) in [5.41, 5.74) is 7.51. The zero-order chi connectivity index (χ0) is 14.4. The van der Waals surface area contributed by atoms with E-state index < -0.39 is 11.7 Å². The Morgan fingerprint density at radius 3 is 2.40 bits per heavy atom. The monoisotopic (exact) mass is 269 g/mol. The second-order valence-corrected chi connectivity index (χ2v) is 4.45. The third-order valence-electron chi connectivity index (χ3n) is 2.91. The Bertz CT molecular complexity index is 612. The molecule has 0 aliphatic heterocycles. The van der Waals surface area contributed by atoms with Crippen molar-refractivity contribution >= 4 is 11.7 Å². The van der Waals surface area contributed by atoms with E-state index in [0.717, 1.165) is 18.5 Å². The Labute approximate surface area is 116 Å². The molecule has 102 valence electrons. The number of amides is 1. The summed E-state index contributed by atoms with van der Waals surface area (Å²) >= 11 is 0. The molecule has 2 aromatic rings. The highest BCUT2D eigenvalue weighted by Crippen LogP contribution is 2.06. The van der Waals surface area contributed by atoms with Crippen LogP contribution in [0.5, 0.6) is 0 Å². The molecule has 0 radical (unpaired) electrons. The van der Waals surface area contributed by atoms with Crippen molar-refractivity contribution in [2.75, 3.05) is 0 Å². The van der Waals surface area contributed by atoms with E-state index in [4.69, 9.17) is 5.73 Å². The molecule has 5 heteroatoms. The van der Waals surface area contributed by atoms with E-state index in [1.54, 1.807) is 6.07 Å². The van der Waals surface area contributed by atoms with Gasteiger partial charge >= 0.3 is 0 Å². The first-order valence-corrected chi connectivity index (χ1v) is 6.31. The Morgan fingerprint density at radius 1 is 1.00 bits per heavy atom. The molecule has 20 heavy (non-hydrogen) atoms. The van der Waals surface area contributed by atoms with Gasteiger partial charge in [0.1, 0.15) is 6.33 Å². The number of hydrogen-bond acceptors (Lipinski definition) is 4. The quantitative estimate of drug-likeness (QED) is 0.788. The van der Waals surface area contributed by atoms with Crippen molar-refractivity contribution in [1.29, 1.82) is 0 Å². The van der Waals surface area contributed by atoms with Crippen molar-refractivity contribution < 1.29 is 9.59 Å². The maximum Gasteiger partial charge on any atom is 0.285 e. The molecule has 0 unspecified atom stereocenters. The number of aryl methyl sites for hydroxylation is 2. The van der Waals surface area contributed by atoms with Gasteiger partial charge in [-0.25, -0.2) is 9.97 Å². The van der Waals surface area contributed by atoms with Crippen LogP contribution in [0.1, 0.15) is 17.0 Å². The van der Waals surface area contributed by atoms with Crippen molar-refractivity contribution in [2.24, 2.45) is 5.73 Å². The van der Waals surface area contributed by atoms with Gasteiger partial charge in [0, 0.05) is 5.69 Å². The van der Waals surface area contributed by atoms with Gasteiger partial charge in [-0.3, -0.25) is 9.59 Å². The molecule has 0 spiro atoms.